The van der Waals surface area contributed by atoms with Crippen LogP contribution < -0.4 is 9.64 Å². The van der Waals surface area contributed by atoms with Gasteiger partial charge in [0.1, 0.15) is 11.9 Å². The van der Waals surface area contributed by atoms with E-state index in [9.17, 15) is 4.79 Å². The van der Waals surface area contributed by atoms with Crippen molar-refractivity contribution in [3.8, 4) is 5.88 Å². The summed E-state index contributed by atoms with van der Waals surface area (Å²) in [5.41, 5.74) is 1.65. The number of aryl methyl sites for hydroxylation is 2. The maximum Gasteiger partial charge on any atom is 0.233 e. The number of rotatable bonds is 5. The lowest BCUT2D eigenvalue weighted by Gasteiger charge is -2.32. The zero-order valence-electron chi connectivity index (χ0n) is 15.7. The largest absolute Gasteiger partial charge is 0.471 e. The second-order valence-corrected chi connectivity index (χ2v) is 6.83. The Kier molecular flexibility index (Phi) is 5.39. The van der Waals surface area contributed by atoms with Gasteiger partial charge in [-0.15, -0.1) is 10.2 Å². The molecule has 1 unspecified atom stereocenters. The third-order valence-corrected chi connectivity index (χ3v) is 4.61. The number of anilines is 1. The second kappa shape index (κ2) is 7.72. The minimum atomic E-state index is -0.0723. The van der Waals surface area contributed by atoms with Crippen LogP contribution in [-0.4, -0.2) is 59.4 Å². The average molecular weight is 359 g/mol. The van der Waals surface area contributed by atoms with Gasteiger partial charge in [-0.25, -0.2) is 0 Å². The summed E-state index contributed by atoms with van der Waals surface area (Å²) in [5, 5.41) is 12.1. The molecule has 1 fully saturated rings. The first-order valence-corrected chi connectivity index (χ1v) is 8.81. The predicted molar refractivity (Wildman–Crippen MR) is 96.3 cm³/mol. The Labute approximate surface area is 153 Å². The van der Waals surface area contributed by atoms with E-state index < -0.39 is 0 Å². The van der Waals surface area contributed by atoms with Crippen molar-refractivity contribution >= 4 is 11.7 Å². The topological polar surface area (TPSA) is 84.6 Å². The molecule has 1 saturated heterocycles. The highest BCUT2D eigenvalue weighted by atomic mass is 16.5. The molecule has 0 aliphatic carbocycles. The molecular weight excluding hydrogens is 334 g/mol. The Morgan fingerprint density at radius 2 is 2.15 bits per heavy atom. The molecule has 0 bridgehead atoms. The van der Waals surface area contributed by atoms with E-state index in [0.717, 1.165) is 36.5 Å². The van der Waals surface area contributed by atoms with Crippen LogP contribution in [0.4, 0.5) is 5.82 Å². The molecule has 2 aromatic heterocycles. The summed E-state index contributed by atoms with van der Waals surface area (Å²) in [4.78, 5) is 16.4. The molecule has 140 valence electrons. The van der Waals surface area contributed by atoms with Crippen LogP contribution in [0.2, 0.25) is 0 Å². The molecule has 3 rings (SSSR count). The van der Waals surface area contributed by atoms with Crippen molar-refractivity contribution in [1.82, 2.24) is 20.3 Å². The van der Waals surface area contributed by atoms with Gasteiger partial charge in [-0.1, -0.05) is 5.16 Å². The van der Waals surface area contributed by atoms with Crippen LogP contribution in [-0.2, 0) is 11.2 Å². The highest BCUT2D eigenvalue weighted by molar-refractivity contribution is 5.79. The number of likely N-dealkylation sites (tertiary alicyclic amines) is 1. The molecule has 0 aromatic carbocycles. The highest BCUT2D eigenvalue weighted by Gasteiger charge is 2.26. The lowest BCUT2D eigenvalue weighted by Crippen LogP contribution is -2.45. The van der Waals surface area contributed by atoms with Gasteiger partial charge < -0.3 is 19.1 Å². The Bertz CT molecular complexity index is 737. The number of carbonyl (C=O) groups is 1. The van der Waals surface area contributed by atoms with Gasteiger partial charge in [0.05, 0.1) is 18.7 Å². The molecule has 8 heteroatoms. The third-order valence-electron chi connectivity index (χ3n) is 4.61. The van der Waals surface area contributed by atoms with Crippen LogP contribution in [0.5, 0.6) is 5.88 Å². The van der Waals surface area contributed by atoms with E-state index in [0.29, 0.717) is 24.6 Å². The fourth-order valence-electron chi connectivity index (χ4n) is 3.06. The molecule has 2 aromatic rings. The summed E-state index contributed by atoms with van der Waals surface area (Å²) in [6.07, 6.45) is 2.04. The van der Waals surface area contributed by atoms with Crippen molar-refractivity contribution in [2.24, 2.45) is 0 Å². The van der Waals surface area contributed by atoms with Crippen LogP contribution in [0, 0.1) is 13.8 Å². The zero-order chi connectivity index (χ0) is 18.7. The number of nitrogens with zero attached hydrogens (tertiary/aromatic N) is 5. The molecule has 26 heavy (non-hydrogen) atoms. The normalized spacial score (nSPS) is 17.2. The molecule has 1 aliphatic rings. The first kappa shape index (κ1) is 18.2. The molecule has 3 heterocycles. The zero-order valence-corrected chi connectivity index (χ0v) is 15.7. The second-order valence-electron chi connectivity index (χ2n) is 6.83. The van der Waals surface area contributed by atoms with E-state index in [1.165, 1.54) is 0 Å². The third kappa shape index (κ3) is 4.12. The van der Waals surface area contributed by atoms with Crippen molar-refractivity contribution in [1.29, 1.82) is 0 Å². The van der Waals surface area contributed by atoms with Crippen molar-refractivity contribution in [2.45, 2.75) is 39.2 Å². The molecule has 0 N–H and O–H groups in total. The van der Waals surface area contributed by atoms with E-state index in [1.807, 2.05) is 49.9 Å². The van der Waals surface area contributed by atoms with Gasteiger partial charge in [-0.2, -0.15) is 0 Å². The van der Waals surface area contributed by atoms with Crippen molar-refractivity contribution < 1.29 is 14.1 Å². The molecule has 1 atom stereocenters. The molecule has 1 amide bonds. The maximum atomic E-state index is 12.7. The van der Waals surface area contributed by atoms with Crippen molar-refractivity contribution in [2.75, 3.05) is 32.1 Å². The molecule has 0 radical (unpaired) electrons. The number of hydrogen-bond acceptors (Lipinski definition) is 7. The van der Waals surface area contributed by atoms with Gasteiger partial charge in [0.25, 0.3) is 0 Å². The number of aromatic nitrogens is 3. The van der Waals surface area contributed by atoms with E-state index in [2.05, 4.69) is 15.4 Å². The SMILES string of the molecule is Cc1noc(C)c1CC(=O)N1CCCC(Oc2ccc(N(C)C)nn2)C1. The number of carbonyl (C=O) groups excluding carboxylic acids is 1. The molecule has 0 spiro atoms. The number of amides is 1. The highest BCUT2D eigenvalue weighted by Crippen LogP contribution is 2.20. The average Bonchev–Trinajstić information content (AvgIpc) is 2.94. The van der Waals surface area contributed by atoms with E-state index in [-0.39, 0.29) is 12.0 Å². The van der Waals surface area contributed by atoms with Gasteiger partial charge >= 0.3 is 0 Å². The van der Waals surface area contributed by atoms with Crippen LogP contribution >= 0.6 is 0 Å². The Balaban J connectivity index is 1.59. The Hall–Kier alpha value is -2.64. The molecular formula is C18H25N5O3. The van der Waals surface area contributed by atoms with E-state index in [1.54, 1.807) is 0 Å². The maximum absolute atomic E-state index is 12.7. The van der Waals surface area contributed by atoms with Gasteiger partial charge in [0.15, 0.2) is 5.82 Å². The van der Waals surface area contributed by atoms with E-state index in [4.69, 9.17) is 9.26 Å². The Morgan fingerprint density at radius 1 is 1.35 bits per heavy atom. The first-order chi connectivity index (χ1) is 12.4. The van der Waals surface area contributed by atoms with Crippen LogP contribution in [0.3, 0.4) is 0 Å². The number of ether oxygens (including phenoxy) is 1. The summed E-state index contributed by atoms with van der Waals surface area (Å²) in [6.45, 7) is 4.99. The van der Waals surface area contributed by atoms with Crippen LogP contribution in [0.1, 0.15) is 29.9 Å². The lowest BCUT2D eigenvalue weighted by atomic mass is 10.1. The first-order valence-electron chi connectivity index (χ1n) is 8.81. The molecule has 0 saturated carbocycles. The summed E-state index contributed by atoms with van der Waals surface area (Å²) in [5.74, 6) is 2.04. The van der Waals surface area contributed by atoms with Gasteiger partial charge in [-0.3, -0.25) is 4.79 Å². The van der Waals surface area contributed by atoms with Crippen molar-refractivity contribution in [3.05, 3.63) is 29.2 Å². The van der Waals surface area contributed by atoms with Gasteiger partial charge in [-0.05, 0) is 32.8 Å². The number of hydrogen-bond donors (Lipinski definition) is 0. The van der Waals surface area contributed by atoms with Crippen LogP contribution in [0.25, 0.3) is 0 Å². The summed E-state index contributed by atoms with van der Waals surface area (Å²) in [6, 6.07) is 3.68. The monoisotopic (exact) mass is 359 g/mol. The van der Waals surface area contributed by atoms with Gasteiger partial charge in [0, 0.05) is 32.3 Å². The lowest BCUT2D eigenvalue weighted by molar-refractivity contribution is -0.133. The van der Waals surface area contributed by atoms with Gasteiger partial charge in [0.2, 0.25) is 11.8 Å². The fraction of sp³-hybridized carbons (Fsp3) is 0.556. The summed E-state index contributed by atoms with van der Waals surface area (Å²) in [7, 11) is 3.82. The molecule has 8 nitrogen and oxygen atoms in total. The van der Waals surface area contributed by atoms with Crippen LogP contribution in [0.15, 0.2) is 16.7 Å². The standard InChI is InChI=1S/C18H25N5O3/c1-12-15(13(2)26-21-12)10-18(24)23-9-5-6-14(11-23)25-17-8-7-16(19-20-17)22(3)4/h7-8,14H,5-6,9-11H2,1-4H3. The minimum Gasteiger partial charge on any atom is -0.471 e. The Morgan fingerprint density at radius 3 is 2.77 bits per heavy atom. The smallest absolute Gasteiger partial charge is 0.233 e. The minimum absolute atomic E-state index is 0.0711. The molecule has 1 aliphatic heterocycles. The van der Waals surface area contributed by atoms with Crippen molar-refractivity contribution in [3.63, 3.8) is 0 Å². The van der Waals surface area contributed by atoms with E-state index >= 15 is 0 Å². The predicted octanol–water partition coefficient (Wildman–Crippen LogP) is 1.76. The summed E-state index contributed by atoms with van der Waals surface area (Å²) >= 11 is 0. The summed E-state index contributed by atoms with van der Waals surface area (Å²) < 4.78 is 11.1. The quantitative estimate of drug-likeness (QED) is 0.804. The number of piperidine rings is 1. The fourth-order valence-corrected chi connectivity index (χ4v) is 3.06.